The van der Waals surface area contributed by atoms with Crippen molar-refractivity contribution in [3.8, 4) is 5.75 Å². The quantitative estimate of drug-likeness (QED) is 0.747. The lowest BCUT2D eigenvalue weighted by Gasteiger charge is -2.24. The highest BCUT2D eigenvalue weighted by Gasteiger charge is 2.25. The maximum absolute atomic E-state index is 10.3. The Bertz CT molecular complexity index is 367. The minimum atomic E-state index is -0.971. The van der Waals surface area contributed by atoms with Crippen molar-refractivity contribution in [2.75, 3.05) is 0 Å². The molecule has 2 N–H and O–H groups in total. The number of aliphatic hydroxyl groups is 1. The van der Waals surface area contributed by atoms with Gasteiger partial charge in [-0.15, -0.1) is 6.58 Å². The van der Waals surface area contributed by atoms with Gasteiger partial charge < -0.3 is 10.2 Å². The number of benzene rings is 1. The first-order valence-electron chi connectivity index (χ1n) is 5.59. The molecule has 0 fully saturated rings. The zero-order chi connectivity index (χ0) is 12.2. The number of allylic oxidation sites excluding steroid dienone is 1. The summed E-state index contributed by atoms with van der Waals surface area (Å²) in [4.78, 5) is 0. The Labute approximate surface area is 97.2 Å². The van der Waals surface area contributed by atoms with Gasteiger partial charge in [-0.1, -0.05) is 23.8 Å². The molecule has 0 heterocycles. The largest absolute Gasteiger partial charge is 0.508 e. The molecule has 0 aliphatic rings. The number of para-hydroxylation sites is 1. The average molecular weight is 220 g/mol. The zero-order valence-corrected chi connectivity index (χ0v) is 10.0. The summed E-state index contributed by atoms with van der Waals surface area (Å²) in [5.41, 5.74) is 0.741. The van der Waals surface area contributed by atoms with Gasteiger partial charge in [-0.2, -0.15) is 0 Å². The van der Waals surface area contributed by atoms with Crippen molar-refractivity contribution >= 4 is 0 Å². The summed E-state index contributed by atoms with van der Waals surface area (Å²) in [6, 6.07) is 6.93. The van der Waals surface area contributed by atoms with Crippen LogP contribution in [0, 0.1) is 0 Å². The van der Waals surface area contributed by atoms with E-state index in [1.165, 1.54) is 0 Å². The molecule has 1 aromatic rings. The van der Waals surface area contributed by atoms with Crippen molar-refractivity contribution in [3.63, 3.8) is 0 Å². The van der Waals surface area contributed by atoms with E-state index in [0.29, 0.717) is 12.0 Å². The van der Waals surface area contributed by atoms with Crippen molar-refractivity contribution in [2.24, 2.45) is 0 Å². The van der Waals surface area contributed by atoms with E-state index in [0.717, 1.165) is 18.4 Å². The molecular formula is C14H20O2. The van der Waals surface area contributed by atoms with E-state index in [9.17, 15) is 10.2 Å². The third-order valence-electron chi connectivity index (χ3n) is 2.75. The Hall–Kier alpha value is -1.28. The normalized spacial score (nSPS) is 14.4. The van der Waals surface area contributed by atoms with Gasteiger partial charge in [0, 0.05) is 5.56 Å². The summed E-state index contributed by atoms with van der Waals surface area (Å²) >= 11 is 0. The minimum absolute atomic E-state index is 0.155. The fourth-order valence-corrected chi connectivity index (χ4v) is 1.80. The number of phenols is 1. The standard InChI is InChI=1S/C14H20O2/c1-11(2)7-6-10-14(3,16)12-8-4-5-9-13(12)15/h4-5,8-9,15-16H,1,6-7,10H2,2-3H3. The van der Waals surface area contributed by atoms with E-state index in [2.05, 4.69) is 6.58 Å². The summed E-state index contributed by atoms with van der Waals surface area (Å²) in [6.07, 6.45) is 2.40. The van der Waals surface area contributed by atoms with E-state index in [-0.39, 0.29) is 5.75 Å². The van der Waals surface area contributed by atoms with Crippen molar-refractivity contribution in [1.29, 1.82) is 0 Å². The smallest absolute Gasteiger partial charge is 0.121 e. The molecule has 1 rings (SSSR count). The number of rotatable bonds is 5. The van der Waals surface area contributed by atoms with Gasteiger partial charge in [0.1, 0.15) is 5.75 Å². The first kappa shape index (κ1) is 12.8. The SMILES string of the molecule is C=C(C)CCCC(C)(O)c1ccccc1O. The molecule has 2 nitrogen and oxygen atoms in total. The van der Waals surface area contributed by atoms with Crippen LogP contribution >= 0.6 is 0 Å². The third-order valence-corrected chi connectivity index (χ3v) is 2.75. The molecule has 1 unspecified atom stereocenters. The molecule has 1 aromatic carbocycles. The second-order valence-electron chi connectivity index (χ2n) is 4.60. The predicted molar refractivity (Wildman–Crippen MR) is 66.3 cm³/mol. The van der Waals surface area contributed by atoms with Crippen LogP contribution in [0.15, 0.2) is 36.4 Å². The van der Waals surface area contributed by atoms with Gasteiger partial charge in [0.15, 0.2) is 0 Å². The van der Waals surface area contributed by atoms with E-state index < -0.39 is 5.60 Å². The lowest BCUT2D eigenvalue weighted by atomic mass is 9.89. The lowest BCUT2D eigenvalue weighted by Crippen LogP contribution is -2.21. The molecule has 0 aliphatic heterocycles. The van der Waals surface area contributed by atoms with Crippen molar-refractivity contribution in [2.45, 2.75) is 38.7 Å². The van der Waals surface area contributed by atoms with Crippen LogP contribution in [0.1, 0.15) is 38.7 Å². The van der Waals surface area contributed by atoms with Gasteiger partial charge in [-0.3, -0.25) is 0 Å². The summed E-state index contributed by atoms with van der Waals surface area (Å²) in [5, 5.41) is 20.0. The Morgan fingerprint density at radius 3 is 2.56 bits per heavy atom. The van der Waals surface area contributed by atoms with Crippen molar-refractivity contribution in [3.05, 3.63) is 42.0 Å². The maximum atomic E-state index is 10.3. The van der Waals surface area contributed by atoms with Crippen LogP contribution in [0.5, 0.6) is 5.75 Å². The molecule has 0 spiro atoms. The fourth-order valence-electron chi connectivity index (χ4n) is 1.80. The summed E-state index contributed by atoms with van der Waals surface area (Å²) < 4.78 is 0. The Balaban J connectivity index is 2.70. The summed E-state index contributed by atoms with van der Waals surface area (Å²) in [5.74, 6) is 0.155. The minimum Gasteiger partial charge on any atom is -0.508 e. The number of hydrogen-bond acceptors (Lipinski definition) is 2. The second kappa shape index (κ2) is 5.17. The van der Waals surface area contributed by atoms with E-state index in [1.807, 2.05) is 13.0 Å². The molecule has 0 amide bonds. The molecule has 0 aliphatic carbocycles. The van der Waals surface area contributed by atoms with E-state index >= 15 is 0 Å². The number of phenolic OH excluding ortho intramolecular Hbond substituents is 1. The first-order valence-corrected chi connectivity index (χ1v) is 5.59. The van der Waals surface area contributed by atoms with Gasteiger partial charge in [0.2, 0.25) is 0 Å². The highest BCUT2D eigenvalue weighted by molar-refractivity contribution is 5.36. The predicted octanol–water partition coefficient (Wildman–Crippen LogP) is 3.35. The fraction of sp³-hybridized carbons (Fsp3) is 0.429. The molecule has 0 saturated carbocycles. The zero-order valence-electron chi connectivity index (χ0n) is 10.0. The van der Waals surface area contributed by atoms with E-state index in [4.69, 9.17) is 0 Å². The van der Waals surface area contributed by atoms with Crippen molar-refractivity contribution < 1.29 is 10.2 Å². The highest BCUT2D eigenvalue weighted by atomic mass is 16.3. The maximum Gasteiger partial charge on any atom is 0.121 e. The Kier molecular flexibility index (Phi) is 4.13. The molecule has 88 valence electrons. The van der Waals surface area contributed by atoms with Gasteiger partial charge in [-0.05, 0) is 39.2 Å². The Morgan fingerprint density at radius 1 is 1.38 bits per heavy atom. The van der Waals surface area contributed by atoms with Crippen LogP contribution < -0.4 is 0 Å². The summed E-state index contributed by atoms with van der Waals surface area (Å²) in [6.45, 7) is 7.55. The van der Waals surface area contributed by atoms with Crippen LogP contribution in [0.2, 0.25) is 0 Å². The van der Waals surface area contributed by atoms with Crippen LogP contribution in [-0.4, -0.2) is 10.2 Å². The topological polar surface area (TPSA) is 40.5 Å². The molecule has 2 heteroatoms. The molecule has 0 aromatic heterocycles. The molecule has 0 saturated heterocycles. The van der Waals surface area contributed by atoms with Crippen LogP contribution in [0.3, 0.4) is 0 Å². The van der Waals surface area contributed by atoms with Gasteiger partial charge in [-0.25, -0.2) is 0 Å². The molecule has 0 bridgehead atoms. The molecule has 16 heavy (non-hydrogen) atoms. The Morgan fingerprint density at radius 2 is 2.00 bits per heavy atom. The van der Waals surface area contributed by atoms with Crippen LogP contribution in [0.4, 0.5) is 0 Å². The summed E-state index contributed by atoms with van der Waals surface area (Å²) in [7, 11) is 0. The molecule has 1 atom stereocenters. The highest BCUT2D eigenvalue weighted by Crippen LogP contribution is 2.32. The van der Waals surface area contributed by atoms with Gasteiger partial charge in [0.05, 0.1) is 5.60 Å². The molecule has 0 radical (unpaired) electrons. The van der Waals surface area contributed by atoms with Crippen LogP contribution in [0.25, 0.3) is 0 Å². The monoisotopic (exact) mass is 220 g/mol. The molecular weight excluding hydrogens is 200 g/mol. The first-order chi connectivity index (χ1) is 7.43. The third kappa shape index (κ3) is 3.38. The second-order valence-corrected chi connectivity index (χ2v) is 4.60. The van der Waals surface area contributed by atoms with Crippen molar-refractivity contribution in [1.82, 2.24) is 0 Å². The van der Waals surface area contributed by atoms with Gasteiger partial charge >= 0.3 is 0 Å². The van der Waals surface area contributed by atoms with Crippen LogP contribution in [-0.2, 0) is 5.60 Å². The van der Waals surface area contributed by atoms with E-state index in [1.54, 1.807) is 25.1 Å². The average Bonchev–Trinajstić information content (AvgIpc) is 2.17. The number of aromatic hydroxyl groups is 1. The number of hydrogen-bond donors (Lipinski definition) is 2. The lowest BCUT2D eigenvalue weighted by molar-refractivity contribution is 0.0433. The van der Waals surface area contributed by atoms with Gasteiger partial charge in [0.25, 0.3) is 0 Å².